The molecule has 1 fully saturated rings. The lowest BCUT2D eigenvalue weighted by Gasteiger charge is -2.08. The second-order valence-corrected chi connectivity index (χ2v) is 7.56. The second kappa shape index (κ2) is 6.81. The number of aromatic amines is 1. The van der Waals surface area contributed by atoms with Crippen LogP contribution in [0.25, 0.3) is 5.69 Å². The van der Waals surface area contributed by atoms with Gasteiger partial charge in [-0.1, -0.05) is 15.9 Å². The van der Waals surface area contributed by atoms with Crippen LogP contribution in [0.5, 0.6) is 0 Å². The first-order valence-electron chi connectivity index (χ1n) is 8.29. The lowest BCUT2D eigenvalue weighted by Crippen LogP contribution is -2.25. The minimum atomic E-state index is -0.179. The van der Waals surface area contributed by atoms with Crippen molar-refractivity contribution in [3.63, 3.8) is 0 Å². The Morgan fingerprint density at radius 1 is 1.38 bits per heavy atom. The van der Waals surface area contributed by atoms with Gasteiger partial charge in [0.05, 0.1) is 29.7 Å². The highest BCUT2D eigenvalue weighted by Crippen LogP contribution is 2.35. The van der Waals surface area contributed by atoms with E-state index in [1.807, 2.05) is 35.8 Å². The van der Waals surface area contributed by atoms with E-state index in [-0.39, 0.29) is 5.91 Å². The molecule has 2 heterocycles. The fourth-order valence-electron chi connectivity index (χ4n) is 2.90. The molecule has 2 aromatic heterocycles. The molecule has 3 aromatic rings. The van der Waals surface area contributed by atoms with Gasteiger partial charge in [-0.25, -0.2) is 4.68 Å². The number of hydrogen-bond donors (Lipinski definition) is 2. The van der Waals surface area contributed by atoms with E-state index in [4.69, 9.17) is 12.2 Å². The molecule has 2 N–H and O–H groups in total. The molecular weight excluding hydrogens is 416 g/mol. The van der Waals surface area contributed by atoms with Gasteiger partial charge >= 0.3 is 0 Å². The van der Waals surface area contributed by atoms with Gasteiger partial charge in [0.1, 0.15) is 0 Å². The standard InChI is InChI=1S/C17H17BrN6OS/c1-10-14(8-20-24(10)13-4-2-11(18)3-5-13)16(25)19-9-15-21-22-17(26)23(15)12-6-7-12/h2-5,8,12H,6-7,9H2,1H3,(H,19,25)(H,22,26). The van der Waals surface area contributed by atoms with E-state index < -0.39 is 0 Å². The first-order valence-corrected chi connectivity index (χ1v) is 9.49. The summed E-state index contributed by atoms with van der Waals surface area (Å²) in [5, 5.41) is 14.3. The minimum Gasteiger partial charge on any atom is -0.345 e. The van der Waals surface area contributed by atoms with Crippen molar-refractivity contribution in [2.75, 3.05) is 0 Å². The molecule has 26 heavy (non-hydrogen) atoms. The number of benzene rings is 1. The maximum atomic E-state index is 12.6. The smallest absolute Gasteiger partial charge is 0.255 e. The molecule has 1 aliphatic rings. The van der Waals surface area contributed by atoms with Crippen LogP contribution in [0.2, 0.25) is 0 Å². The topological polar surface area (TPSA) is 80.5 Å². The molecule has 0 spiro atoms. The number of carbonyl (C=O) groups excluding carboxylic acids is 1. The fourth-order valence-corrected chi connectivity index (χ4v) is 3.47. The van der Waals surface area contributed by atoms with E-state index in [9.17, 15) is 4.79 Å². The molecule has 0 atom stereocenters. The third kappa shape index (κ3) is 3.24. The van der Waals surface area contributed by atoms with Gasteiger partial charge in [-0.15, -0.1) is 0 Å². The second-order valence-electron chi connectivity index (χ2n) is 6.26. The third-order valence-electron chi connectivity index (χ3n) is 4.42. The quantitative estimate of drug-likeness (QED) is 0.604. The summed E-state index contributed by atoms with van der Waals surface area (Å²) in [6, 6.07) is 8.18. The van der Waals surface area contributed by atoms with E-state index in [1.54, 1.807) is 10.9 Å². The molecule has 0 unspecified atom stereocenters. The van der Waals surface area contributed by atoms with Crippen LogP contribution in [0, 0.1) is 11.7 Å². The molecule has 134 valence electrons. The van der Waals surface area contributed by atoms with Crippen molar-refractivity contribution >= 4 is 34.1 Å². The maximum absolute atomic E-state index is 12.6. The summed E-state index contributed by atoms with van der Waals surface area (Å²) in [5.41, 5.74) is 2.23. The van der Waals surface area contributed by atoms with Gasteiger partial charge < -0.3 is 5.32 Å². The molecule has 7 nitrogen and oxygen atoms in total. The Balaban J connectivity index is 1.51. The van der Waals surface area contributed by atoms with Crippen molar-refractivity contribution < 1.29 is 4.79 Å². The van der Waals surface area contributed by atoms with E-state index in [1.165, 1.54) is 0 Å². The van der Waals surface area contributed by atoms with Crippen molar-refractivity contribution in [1.29, 1.82) is 0 Å². The van der Waals surface area contributed by atoms with Gasteiger partial charge in [0.25, 0.3) is 5.91 Å². The summed E-state index contributed by atoms with van der Waals surface area (Å²) in [4.78, 5) is 12.6. The lowest BCUT2D eigenvalue weighted by molar-refractivity contribution is 0.0948. The Morgan fingerprint density at radius 3 is 2.81 bits per heavy atom. The Hall–Kier alpha value is -2.26. The summed E-state index contributed by atoms with van der Waals surface area (Å²) < 4.78 is 5.35. The highest BCUT2D eigenvalue weighted by molar-refractivity contribution is 9.10. The van der Waals surface area contributed by atoms with Crippen LogP contribution in [0.4, 0.5) is 0 Å². The minimum absolute atomic E-state index is 0.179. The number of carbonyl (C=O) groups is 1. The van der Waals surface area contributed by atoms with Gasteiger partial charge in [0, 0.05) is 10.5 Å². The zero-order valence-electron chi connectivity index (χ0n) is 14.1. The van der Waals surface area contributed by atoms with Gasteiger partial charge in [-0.3, -0.25) is 14.5 Å². The van der Waals surface area contributed by atoms with Gasteiger partial charge in [-0.05, 0) is 56.2 Å². The molecule has 1 saturated carbocycles. The summed E-state index contributed by atoms with van der Waals surface area (Å²) in [5.74, 6) is 0.575. The molecule has 1 aliphatic carbocycles. The van der Waals surface area contributed by atoms with Crippen molar-refractivity contribution in [2.45, 2.75) is 32.4 Å². The summed E-state index contributed by atoms with van der Waals surface area (Å²) in [6.45, 7) is 2.20. The third-order valence-corrected chi connectivity index (χ3v) is 5.24. The molecule has 9 heteroatoms. The first kappa shape index (κ1) is 17.2. The Morgan fingerprint density at radius 2 is 2.12 bits per heavy atom. The molecule has 0 bridgehead atoms. The Kier molecular flexibility index (Phi) is 4.49. The van der Waals surface area contributed by atoms with Crippen LogP contribution in [0.1, 0.15) is 40.8 Å². The SMILES string of the molecule is Cc1c(C(=O)NCc2n[nH]c(=S)n2C2CC2)cnn1-c1ccc(Br)cc1. The van der Waals surface area contributed by atoms with Crippen LogP contribution < -0.4 is 5.32 Å². The number of amides is 1. The predicted molar refractivity (Wildman–Crippen MR) is 103 cm³/mol. The van der Waals surface area contributed by atoms with E-state index in [0.717, 1.165) is 34.5 Å². The van der Waals surface area contributed by atoms with Crippen LogP contribution in [0.15, 0.2) is 34.9 Å². The van der Waals surface area contributed by atoms with Crippen LogP contribution in [-0.4, -0.2) is 30.5 Å². The normalized spacial score (nSPS) is 13.8. The number of hydrogen-bond acceptors (Lipinski definition) is 4. The molecule has 1 aromatic carbocycles. The maximum Gasteiger partial charge on any atom is 0.255 e. The van der Waals surface area contributed by atoms with E-state index in [0.29, 0.717) is 22.9 Å². The number of aromatic nitrogens is 5. The number of nitrogens with zero attached hydrogens (tertiary/aromatic N) is 4. The first-order chi connectivity index (χ1) is 12.5. The van der Waals surface area contributed by atoms with E-state index >= 15 is 0 Å². The van der Waals surface area contributed by atoms with Gasteiger partial charge in [0.2, 0.25) is 0 Å². The van der Waals surface area contributed by atoms with Crippen molar-refractivity contribution in [2.24, 2.45) is 0 Å². The number of rotatable bonds is 5. The molecule has 4 rings (SSSR count). The molecule has 0 saturated heterocycles. The highest BCUT2D eigenvalue weighted by Gasteiger charge is 2.27. The molecule has 0 radical (unpaired) electrons. The van der Waals surface area contributed by atoms with Crippen molar-refractivity contribution in [3.8, 4) is 5.69 Å². The van der Waals surface area contributed by atoms with Crippen molar-refractivity contribution in [1.82, 2.24) is 29.9 Å². The van der Waals surface area contributed by atoms with E-state index in [2.05, 4.69) is 36.5 Å². The van der Waals surface area contributed by atoms with Crippen LogP contribution in [-0.2, 0) is 6.54 Å². The highest BCUT2D eigenvalue weighted by atomic mass is 79.9. The Labute approximate surface area is 163 Å². The van der Waals surface area contributed by atoms with Gasteiger partial charge in [-0.2, -0.15) is 10.2 Å². The summed E-state index contributed by atoms with van der Waals surface area (Å²) in [6.07, 6.45) is 3.80. The molecule has 1 amide bonds. The zero-order valence-corrected chi connectivity index (χ0v) is 16.5. The number of nitrogens with one attached hydrogen (secondary N) is 2. The molecule has 0 aliphatic heterocycles. The summed E-state index contributed by atoms with van der Waals surface area (Å²) >= 11 is 8.68. The average Bonchev–Trinajstić information content (AvgIpc) is 3.29. The fraction of sp³-hybridized carbons (Fsp3) is 0.294. The summed E-state index contributed by atoms with van der Waals surface area (Å²) in [7, 11) is 0. The largest absolute Gasteiger partial charge is 0.345 e. The average molecular weight is 433 g/mol. The lowest BCUT2D eigenvalue weighted by atomic mass is 10.2. The van der Waals surface area contributed by atoms with Gasteiger partial charge in [0.15, 0.2) is 10.6 Å². The monoisotopic (exact) mass is 432 g/mol. The Bertz CT molecular complexity index is 1010. The number of halogens is 1. The number of H-pyrrole nitrogens is 1. The molecular formula is C17H17BrN6OS. The van der Waals surface area contributed by atoms with Crippen molar-refractivity contribution in [3.05, 3.63) is 56.8 Å². The van der Waals surface area contributed by atoms with Crippen LogP contribution in [0.3, 0.4) is 0 Å². The van der Waals surface area contributed by atoms with Crippen LogP contribution >= 0.6 is 28.1 Å². The zero-order chi connectivity index (χ0) is 18.3. The predicted octanol–water partition coefficient (Wildman–Crippen LogP) is 3.46.